The smallest absolute Gasteiger partial charge is 0.313 e. The summed E-state index contributed by atoms with van der Waals surface area (Å²) in [4.78, 5) is 11.4. The largest absolute Gasteiger partial charge is 0.457 e. The predicted octanol–water partition coefficient (Wildman–Crippen LogP) is 4.20. The highest BCUT2D eigenvalue weighted by Gasteiger charge is 2.50. The van der Waals surface area contributed by atoms with Gasteiger partial charge in [-0.15, -0.1) is 0 Å². The molecule has 0 radical (unpaired) electrons. The van der Waals surface area contributed by atoms with E-state index in [9.17, 15) is 26.6 Å². The molecule has 2 aromatic carbocycles. The van der Waals surface area contributed by atoms with Crippen molar-refractivity contribution in [1.82, 2.24) is 0 Å². The van der Waals surface area contributed by atoms with Crippen molar-refractivity contribution in [3.8, 4) is 17.6 Å². The Hall–Kier alpha value is -2.93. The van der Waals surface area contributed by atoms with E-state index in [1.54, 1.807) is 6.07 Å². The molecule has 0 spiro atoms. The average molecular weight is 398 g/mol. The average Bonchev–Trinajstić information content (AvgIpc) is 2.85. The van der Waals surface area contributed by atoms with E-state index < -0.39 is 50.1 Å². The quantitative estimate of drug-likeness (QED) is 0.782. The molecule has 1 unspecified atom stereocenters. The number of fused-ring (bicyclic) bond motifs is 1. The molecule has 0 fully saturated rings. The molecule has 1 aliphatic carbocycles. The minimum absolute atomic E-state index is 0.0775. The Morgan fingerprint density at radius 3 is 2.63 bits per heavy atom. The maximum Gasteiger partial charge on any atom is 0.313 e. The van der Waals surface area contributed by atoms with E-state index in [2.05, 4.69) is 0 Å². The zero-order chi connectivity index (χ0) is 20.0. The first-order valence-electron chi connectivity index (χ1n) is 7.38. The number of nitriles is 1. The van der Waals surface area contributed by atoms with Crippen molar-refractivity contribution in [2.75, 3.05) is 6.01 Å². The fraction of sp³-hybridized carbons (Fsp3) is 0.176. The van der Waals surface area contributed by atoms with E-state index in [0.29, 0.717) is 0 Å². The molecule has 3 rings (SSSR count). The summed E-state index contributed by atoms with van der Waals surface area (Å²) in [7, 11) is -4.09. The van der Waals surface area contributed by atoms with Crippen LogP contribution >= 0.6 is 0 Å². The minimum Gasteiger partial charge on any atom is -0.457 e. The van der Waals surface area contributed by atoms with Crippen molar-refractivity contribution in [1.29, 1.82) is 10.0 Å². The summed E-state index contributed by atoms with van der Waals surface area (Å²) in [6, 6.07) is 5.04. The Balaban J connectivity index is 2.17. The molecular weight excluding hydrogens is 388 g/mol. The zero-order valence-corrected chi connectivity index (χ0v) is 14.2. The fourth-order valence-corrected chi connectivity index (χ4v) is 3.71. The second-order valence-electron chi connectivity index (χ2n) is 5.80. The number of rotatable bonds is 4. The number of ether oxygens (including phenoxy) is 1. The summed E-state index contributed by atoms with van der Waals surface area (Å²) in [5, 5.41) is 8.86. The highest BCUT2D eigenvalue weighted by molar-refractivity contribution is 7.92. The van der Waals surface area contributed by atoms with E-state index in [1.807, 2.05) is 0 Å². The Morgan fingerprint density at radius 2 is 2.00 bits per heavy atom. The molecule has 10 heteroatoms. The molecule has 140 valence electrons. The Bertz CT molecular complexity index is 1110. The number of alkyl halides is 3. The number of carbonyl (C=O) groups is 1. The lowest BCUT2D eigenvalue weighted by Crippen LogP contribution is -2.24. The van der Waals surface area contributed by atoms with E-state index in [4.69, 9.17) is 14.8 Å². The van der Waals surface area contributed by atoms with E-state index in [1.165, 1.54) is 0 Å². The lowest BCUT2D eigenvalue weighted by Gasteiger charge is -2.13. The monoisotopic (exact) mass is 398 g/mol. The fourth-order valence-electron chi connectivity index (χ4n) is 2.76. The molecule has 0 amide bonds. The van der Waals surface area contributed by atoms with Crippen molar-refractivity contribution in [2.24, 2.45) is 0 Å². The van der Waals surface area contributed by atoms with Crippen LogP contribution in [0.15, 0.2) is 35.2 Å². The molecule has 1 atom stereocenters. The van der Waals surface area contributed by atoms with Crippen molar-refractivity contribution >= 4 is 15.5 Å². The van der Waals surface area contributed by atoms with E-state index in [-0.39, 0.29) is 22.6 Å². The van der Waals surface area contributed by atoms with Crippen LogP contribution < -0.4 is 4.74 Å². The normalized spacial score (nSPS) is 17.1. The molecular formula is C17H10F4N2O3S. The lowest BCUT2D eigenvalue weighted by molar-refractivity contribution is 0.0165. The van der Waals surface area contributed by atoms with Gasteiger partial charge in [0.15, 0.2) is 6.01 Å². The number of Topliss-reactive ketones (excluding diaryl/α,β-unsaturated/α-hetero) is 1. The van der Waals surface area contributed by atoms with Crippen molar-refractivity contribution < 1.29 is 31.3 Å². The Kier molecular flexibility index (Phi) is 4.43. The number of hydrogen-bond acceptors (Lipinski definition) is 5. The van der Waals surface area contributed by atoms with Crippen molar-refractivity contribution in [3.05, 3.63) is 52.8 Å². The van der Waals surface area contributed by atoms with Crippen LogP contribution in [0.5, 0.6) is 11.5 Å². The minimum atomic E-state index is -4.09. The first-order chi connectivity index (χ1) is 12.6. The second kappa shape index (κ2) is 6.35. The van der Waals surface area contributed by atoms with Crippen molar-refractivity contribution in [3.63, 3.8) is 0 Å². The maximum atomic E-state index is 13.9. The van der Waals surface area contributed by atoms with Gasteiger partial charge in [0.2, 0.25) is 5.78 Å². The van der Waals surface area contributed by atoms with Crippen LogP contribution in [-0.2, 0) is 16.1 Å². The SMILES string of the molecule is N#Cc1cc(F)cc(Oc2ccc(S(=N)(=O)CF)c3c2CC(F)(F)C3=O)c1. The van der Waals surface area contributed by atoms with Crippen LogP contribution in [0.4, 0.5) is 17.6 Å². The third-order valence-electron chi connectivity index (χ3n) is 3.93. The highest BCUT2D eigenvalue weighted by atomic mass is 32.2. The summed E-state index contributed by atoms with van der Waals surface area (Å²) in [5.74, 6) is -6.75. The topological polar surface area (TPSA) is 91.0 Å². The molecule has 0 bridgehead atoms. The summed E-state index contributed by atoms with van der Waals surface area (Å²) < 4.78 is 79.3. The van der Waals surface area contributed by atoms with Gasteiger partial charge in [-0.2, -0.15) is 14.0 Å². The number of hydrogen-bond donors (Lipinski definition) is 1. The van der Waals surface area contributed by atoms with Crippen LogP contribution in [-0.4, -0.2) is 21.9 Å². The first-order valence-corrected chi connectivity index (χ1v) is 9.11. The van der Waals surface area contributed by atoms with Gasteiger partial charge in [-0.3, -0.25) is 4.79 Å². The second-order valence-corrected chi connectivity index (χ2v) is 7.81. The van der Waals surface area contributed by atoms with Gasteiger partial charge in [-0.25, -0.2) is 17.8 Å². The third kappa shape index (κ3) is 3.26. The molecule has 0 aromatic heterocycles. The van der Waals surface area contributed by atoms with Crippen molar-refractivity contribution in [2.45, 2.75) is 17.2 Å². The van der Waals surface area contributed by atoms with Gasteiger partial charge in [0.1, 0.15) is 27.0 Å². The molecule has 1 aliphatic rings. The van der Waals surface area contributed by atoms with Crippen LogP contribution in [0, 0.1) is 21.9 Å². The Morgan fingerprint density at radius 1 is 1.30 bits per heavy atom. The molecule has 0 heterocycles. The van der Waals surface area contributed by atoms with Gasteiger partial charge in [-0.05, 0) is 24.3 Å². The van der Waals surface area contributed by atoms with Gasteiger partial charge < -0.3 is 4.74 Å². The summed E-state index contributed by atoms with van der Waals surface area (Å²) in [5.41, 5.74) is -1.14. The molecule has 5 nitrogen and oxygen atoms in total. The molecule has 0 saturated carbocycles. The summed E-state index contributed by atoms with van der Waals surface area (Å²) >= 11 is 0. The van der Waals surface area contributed by atoms with E-state index in [0.717, 1.165) is 30.3 Å². The Labute approximate surface area is 151 Å². The van der Waals surface area contributed by atoms with Gasteiger partial charge in [-0.1, -0.05) is 0 Å². The first kappa shape index (κ1) is 18.8. The van der Waals surface area contributed by atoms with Crippen LogP contribution in [0.3, 0.4) is 0 Å². The lowest BCUT2D eigenvalue weighted by atomic mass is 10.1. The highest BCUT2D eigenvalue weighted by Crippen LogP contribution is 2.43. The molecule has 0 saturated heterocycles. The van der Waals surface area contributed by atoms with Gasteiger partial charge in [0.05, 0.1) is 16.5 Å². The van der Waals surface area contributed by atoms with Gasteiger partial charge in [0, 0.05) is 23.6 Å². The molecule has 2 aromatic rings. The molecule has 0 aliphatic heterocycles. The number of halogens is 4. The zero-order valence-electron chi connectivity index (χ0n) is 13.4. The summed E-state index contributed by atoms with van der Waals surface area (Å²) in [6.07, 6.45) is -1.09. The standard InChI is InChI=1S/C17H10F4N2O3S/c18-8-27(23,25)14-2-1-13(12-6-17(20,21)16(24)15(12)14)26-11-4-9(7-22)3-10(19)5-11/h1-5,23H,6,8H2. The van der Waals surface area contributed by atoms with Gasteiger partial charge >= 0.3 is 5.92 Å². The van der Waals surface area contributed by atoms with Gasteiger partial charge in [0.25, 0.3) is 0 Å². The van der Waals surface area contributed by atoms with Crippen LogP contribution in [0.1, 0.15) is 21.5 Å². The number of nitrogens with one attached hydrogen (secondary N) is 1. The predicted molar refractivity (Wildman–Crippen MR) is 85.7 cm³/mol. The molecule has 27 heavy (non-hydrogen) atoms. The summed E-state index contributed by atoms with van der Waals surface area (Å²) in [6.45, 7) is 0. The van der Waals surface area contributed by atoms with Crippen LogP contribution in [0.25, 0.3) is 0 Å². The number of benzene rings is 2. The number of nitrogens with zero attached hydrogens (tertiary/aromatic N) is 1. The maximum absolute atomic E-state index is 13.9. The number of carbonyl (C=O) groups excluding carboxylic acids is 1. The molecule has 1 N–H and O–H groups in total. The third-order valence-corrected chi connectivity index (χ3v) is 5.28. The number of ketones is 1. The van der Waals surface area contributed by atoms with Crippen LogP contribution in [0.2, 0.25) is 0 Å². The van der Waals surface area contributed by atoms with E-state index >= 15 is 0 Å².